The third-order valence-corrected chi connectivity index (χ3v) is 7.96. The third-order valence-electron chi connectivity index (χ3n) is 5.98. The Kier molecular flexibility index (Phi) is 5.63. The molecule has 1 aliphatic heterocycles. The summed E-state index contributed by atoms with van der Waals surface area (Å²) in [6.45, 7) is 4.03. The predicted molar refractivity (Wildman–Crippen MR) is 107 cm³/mol. The van der Waals surface area contributed by atoms with Crippen molar-refractivity contribution in [2.75, 3.05) is 5.75 Å². The molecule has 1 heterocycles. The number of fused-ring (bicyclic) bond motifs is 1. The molecule has 0 radical (unpaired) electrons. The van der Waals surface area contributed by atoms with Gasteiger partial charge in [-0.15, -0.1) is 0 Å². The fourth-order valence-corrected chi connectivity index (χ4v) is 6.66. The summed E-state index contributed by atoms with van der Waals surface area (Å²) in [6.07, 6.45) is 2.22. The quantitative estimate of drug-likeness (QED) is 0.803. The van der Waals surface area contributed by atoms with E-state index in [0.717, 1.165) is 18.4 Å². The van der Waals surface area contributed by atoms with E-state index >= 15 is 0 Å². The van der Waals surface area contributed by atoms with Crippen LogP contribution in [0.4, 0.5) is 0 Å². The lowest BCUT2D eigenvalue weighted by atomic mass is 9.69. The van der Waals surface area contributed by atoms with E-state index in [0.29, 0.717) is 18.4 Å². The molecule has 2 N–H and O–H groups in total. The van der Waals surface area contributed by atoms with Crippen molar-refractivity contribution in [2.24, 2.45) is 5.41 Å². The average Bonchev–Trinajstić information content (AvgIpc) is 2.73. The van der Waals surface area contributed by atoms with E-state index in [1.807, 2.05) is 37.3 Å². The van der Waals surface area contributed by atoms with Gasteiger partial charge in [-0.05, 0) is 36.1 Å². The molecule has 2 aromatic rings. The Morgan fingerprint density at radius 3 is 2.44 bits per heavy atom. The van der Waals surface area contributed by atoms with Crippen molar-refractivity contribution in [2.45, 2.75) is 56.4 Å². The number of aliphatic hydroxyl groups is 1. The first-order valence-electron chi connectivity index (χ1n) is 9.63. The summed E-state index contributed by atoms with van der Waals surface area (Å²) in [5.74, 6) is -0.621. The summed E-state index contributed by atoms with van der Waals surface area (Å²) in [4.78, 5) is 0.141. The highest BCUT2D eigenvalue weighted by molar-refractivity contribution is 7.91. The van der Waals surface area contributed by atoms with Crippen LogP contribution in [0.15, 0.2) is 53.4 Å². The largest absolute Gasteiger partial charge is 0.508 e. The van der Waals surface area contributed by atoms with Gasteiger partial charge in [-0.3, -0.25) is 0 Å². The maximum absolute atomic E-state index is 13.3. The highest BCUT2D eigenvalue weighted by Crippen LogP contribution is 2.49. The zero-order valence-corrected chi connectivity index (χ0v) is 16.7. The Bertz CT molecular complexity index is 892. The second-order valence-corrected chi connectivity index (χ2v) is 9.59. The number of rotatable bonds is 5. The van der Waals surface area contributed by atoms with Crippen LogP contribution in [0, 0.1) is 5.41 Å². The summed E-state index contributed by atoms with van der Waals surface area (Å²) < 4.78 is 26.6. The van der Waals surface area contributed by atoms with E-state index < -0.39 is 27.3 Å². The highest BCUT2D eigenvalue weighted by Gasteiger charge is 2.48. The fourth-order valence-electron chi connectivity index (χ4n) is 4.37. The van der Waals surface area contributed by atoms with Gasteiger partial charge in [0.25, 0.3) is 0 Å². The maximum Gasteiger partial charge on any atom is 0.179 e. The standard InChI is InChI=1S/C22H28O4S/c1-3-5-13-22(4-2)15-27(25,26)19-14-17(23)11-12-18(19)20(21(22)24)16-9-7-6-8-10-16/h6-12,14,20-21,23-24H,3-5,13,15H2,1-2H3. The minimum absolute atomic E-state index is 0.0730. The van der Waals surface area contributed by atoms with E-state index in [1.54, 1.807) is 6.07 Å². The first kappa shape index (κ1) is 19.9. The fraction of sp³-hybridized carbons (Fsp3) is 0.455. The van der Waals surface area contributed by atoms with Crippen LogP contribution in [-0.4, -0.2) is 30.5 Å². The SMILES string of the molecule is CCCCC1(CC)CS(=O)(=O)c2cc(O)ccc2C(c2ccccc2)C1O. The van der Waals surface area contributed by atoms with Gasteiger partial charge in [-0.25, -0.2) is 8.42 Å². The molecule has 0 spiro atoms. The number of phenols is 1. The summed E-state index contributed by atoms with van der Waals surface area (Å²) in [7, 11) is -3.64. The van der Waals surface area contributed by atoms with E-state index in [9.17, 15) is 18.6 Å². The third kappa shape index (κ3) is 3.63. The second-order valence-electron chi connectivity index (χ2n) is 7.63. The molecule has 3 atom stereocenters. The van der Waals surface area contributed by atoms with Crippen LogP contribution in [0.2, 0.25) is 0 Å². The van der Waals surface area contributed by atoms with Gasteiger partial charge in [0.05, 0.1) is 16.8 Å². The predicted octanol–water partition coefficient (Wildman–Crippen LogP) is 4.26. The van der Waals surface area contributed by atoms with Gasteiger partial charge in [0.2, 0.25) is 0 Å². The molecule has 3 unspecified atom stereocenters. The average molecular weight is 389 g/mol. The van der Waals surface area contributed by atoms with E-state index in [-0.39, 0.29) is 16.4 Å². The number of benzene rings is 2. The van der Waals surface area contributed by atoms with Gasteiger partial charge in [0.1, 0.15) is 5.75 Å². The Hall–Kier alpha value is -1.85. The molecule has 0 saturated carbocycles. The second kappa shape index (κ2) is 7.64. The first-order chi connectivity index (χ1) is 12.8. The lowest BCUT2D eigenvalue weighted by Gasteiger charge is -2.39. The monoisotopic (exact) mass is 388 g/mol. The molecular formula is C22H28O4S. The molecule has 0 saturated heterocycles. The smallest absolute Gasteiger partial charge is 0.179 e. The number of aromatic hydroxyl groups is 1. The number of hydrogen-bond donors (Lipinski definition) is 2. The van der Waals surface area contributed by atoms with E-state index in [1.165, 1.54) is 12.1 Å². The molecule has 0 fully saturated rings. The van der Waals surface area contributed by atoms with Crippen LogP contribution < -0.4 is 0 Å². The zero-order valence-electron chi connectivity index (χ0n) is 15.9. The maximum atomic E-state index is 13.3. The van der Waals surface area contributed by atoms with Crippen LogP contribution in [0.3, 0.4) is 0 Å². The summed E-state index contributed by atoms with van der Waals surface area (Å²) in [5.41, 5.74) is 0.742. The summed E-state index contributed by atoms with van der Waals surface area (Å²) in [5, 5.41) is 21.5. The molecule has 0 bridgehead atoms. The number of hydrogen-bond acceptors (Lipinski definition) is 4. The Labute approximate surface area is 161 Å². The minimum Gasteiger partial charge on any atom is -0.508 e. The van der Waals surface area contributed by atoms with Gasteiger partial charge in [-0.2, -0.15) is 0 Å². The number of unbranched alkanes of at least 4 members (excludes halogenated alkanes) is 1. The minimum atomic E-state index is -3.64. The Morgan fingerprint density at radius 2 is 1.81 bits per heavy atom. The van der Waals surface area contributed by atoms with Gasteiger partial charge in [0, 0.05) is 11.3 Å². The lowest BCUT2D eigenvalue weighted by Crippen LogP contribution is -2.42. The van der Waals surface area contributed by atoms with Gasteiger partial charge in [0.15, 0.2) is 9.84 Å². The van der Waals surface area contributed by atoms with E-state index in [2.05, 4.69) is 6.92 Å². The molecule has 1 aliphatic rings. The van der Waals surface area contributed by atoms with Crippen molar-refractivity contribution in [1.82, 2.24) is 0 Å². The number of phenolic OH excluding ortho intramolecular Hbond substituents is 1. The van der Waals surface area contributed by atoms with Crippen molar-refractivity contribution in [3.05, 3.63) is 59.7 Å². The Morgan fingerprint density at radius 1 is 1.11 bits per heavy atom. The molecule has 146 valence electrons. The number of aliphatic hydroxyl groups excluding tert-OH is 1. The molecule has 4 nitrogen and oxygen atoms in total. The van der Waals surface area contributed by atoms with Crippen LogP contribution >= 0.6 is 0 Å². The van der Waals surface area contributed by atoms with Crippen molar-refractivity contribution in [3.8, 4) is 5.75 Å². The van der Waals surface area contributed by atoms with Crippen molar-refractivity contribution in [1.29, 1.82) is 0 Å². The normalized spacial score (nSPS) is 26.9. The van der Waals surface area contributed by atoms with Gasteiger partial charge >= 0.3 is 0 Å². The topological polar surface area (TPSA) is 74.6 Å². The highest BCUT2D eigenvalue weighted by atomic mass is 32.2. The molecule has 2 aromatic carbocycles. The lowest BCUT2D eigenvalue weighted by molar-refractivity contribution is 0.0174. The zero-order chi connectivity index (χ0) is 19.7. The van der Waals surface area contributed by atoms with Crippen LogP contribution in [0.25, 0.3) is 0 Å². The number of sulfone groups is 1. The summed E-state index contributed by atoms with van der Waals surface area (Å²) in [6, 6.07) is 14.1. The first-order valence-corrected chi connectivity index (χ1v) is 11.3. The van der Waals surface area contributed by atoms with Gasteiger partial charge in [-0.1, -0.05) is 63.1 Å². The van der Waals surface area contributed by atoms with Crippen LogP contribution in [-0.2, 0) is 9.84 Å². The van der Waals surface area contributed by atoms with Crippen molar-refractivity contribution >= 4 is 9.84 Å². The van der Waals surface area contributed by atoms with Crippen LogP contribution in [0.5, 0.6) is 5.75 Å². The van der Waals surface area contributed by atoms with Crippen LogP contribution in [0.1, 0.15) is 56.6 Å². The Balaban J connectivity index is 2.28. The van der Waals surface area contributed by atoms with Crippen molar-refractivity contribution in [3.63, 3.8) is 0 Å². The summed E-state index contributed by atoms with van der Waals surface area (Å²) >= 11 is 0. The molecule has 0 amide bonds. The molecule has 0 aliphatic carbocycles. The molecule has 27 heavy (non-hydrogen) atoms. The molecule has 3 rings (SSSR count). The van der Waals surface area contributed by atoms with E-state index in [4.69, 9.17) is 0 Å². The molecule has 0 aromatic heterocycles. The van der Waals surface area contributed by atoms with Crippen molar-refractivity contribution < 1.29 is 18.6 Å². The van der Waals surface area contributed by atoms with Gasteiger partial charge < -0.3 is 10.2 Å². The molecular weight excluding hydrogens is 360 g/mol. The molecule has 5 heteroatoms.